The summed E-state index contributed by atoms with van der Waals surface area (Å²) in [5.74, 6) is 0. The molecule has 178 valence electrons. The smallest absolute Gasteiger partial charge is 0.113 e. The van der Waals surface area contributed by atoms with Crippen LogP contribution in [0, 0.1) is 13.8 Å². The standard InChI is InChI=1S/C31H28N4O/c1-21-17-22(2)30-26(18-21)29(23-11-5-3-6-12-23)31(24-13-7-4-8-14-24)34(30)19-25(36)20-35-28-16-10-9-15-27(28)32-33-35/h3-18,25,36H,19-20H2,1-2H3/t25-/m0/s1. The van der Waals surface area contributed by atoms with Crippen molar-refractivity contribution in [2.24, 2.45) is 0 Å². The Balaban J connectivity index is 1.54. The molecular formula is C31H28N4O. The monoisotopic (exact) mass is 472 g/mol. The lowest BCUT2D eigenvalue weighted by atomic mass is 9.97. The lowest BCUT2D eigenvalue weighted by molar-refractivity contribution is 0.133. The Bertz CT molecular complexity index is 1670. The second kappa shape index (κ2) is 9.10. The Hall–Kier alpha value is -4.22. The van der Waals surface area contributed by atoms with Gasteiger partial charge in [0.2, 0.25) is 0 Å². The van der Waals surface area contributed by atoms with Gasteiger partial charge in [0.25, 0.3) is 0 Å². The van der Waals surface area contributed by atoms with E-state index in [1.165, 1.54) is 27.6 Å². The summed E-state index contributed by atoms with van der Waals surface area (Å²) in [5.41, 5.74) is 9.94. The van der Waals surface area contributed by atoms with E-state index in [1.807, 2.05) is 36.4 Å². The van der Waals surface area contributed by atoms with Crippen LogP contribution in [0.3, 0.4) is 0 Å². The van der Waals surface area contributed by atoms with Gasteiger partial charge in [-0.15, -0.1) is 5.10 Å². The number of hydrogen-bond acceptors (Lipinski definition) is 3. The third-order valence-electron chi connectivity index (χ3n) is 6.80. The molecule has 0 amide bonds. The van der Waals surface area contributed by atoms with Gasteiger partial charge in [0.1, 0.15) is 5.52 Å². The lowest BCUT2D eigenvalue weighted by Crippen LogP contribution is -2.23. The zero-order chi connectivity index (χ0) is 24.6. The highest BCUT2D eigenvalue weighted by Gasteiger charge is 2.23. The number of hydrogen-bond donors (Lipinski definition) is 1. The second-order valence-electron chi connectivity index (χ2n) is 9.46. The van der Waals surface area contributed by atoms with Gasteiger partial charge >= 0.3 is 0 Å². The fourth-order valence-corrected chi connectivity index (χ4v) is 5.38. The molecule has 1 atom stereocenters. The highest BCUT2D eigenvalue weighted by Crippen LogP contribution is 2.42. The van der Waals surface area contributed by atoms with Crippen molar-refractivity contribution in [2.75, 3.05) is 0 Å². The Kier molecular flexibility index (Phi) is 5.62. The first-order valence-corrected chi connectivity index (χ1v) is 12.3. The fourth-order valence-electron chi connectivity index (χ4n) is 5.38. The van der Waals surface area contributed by atoms with E-state index in [1.54, 1.807) is 4.68 Å². The van der Waals surface area contributed by atoms with E-state index >= 15 is 0 Å². The highest BCUT2D eigenvalue weighted by molar-refractivity contribution is 6.06. The molecule has 0 saturated carbocycles. The van der Waals surface area contributed by atoms with E-state index in [4.69, 9.17) is 0 Å². The average Bonchev–Trinajstić information content (AvgIpc) is 3.44. The van der Waals surface area contributed by atoms with Crippen LogP contribution in [0.15, 0.2) is 97.1 Å². The van der Waals surface area contributed by atoms with Crippen molar-refractivity contribution in [2.45, 2.75) is 33.0 Å². The predicted molar refractivity (Wildman–Crippen MR) is 146 cm³/mol. The molecule has 0 aliphatic heterocycles. The number of aliphatic hydroxyl groups excluding tert-OH is 1. The van der Waals surface area contributed by atoms with Crippen molar-refractivity contribution in [3.8, 4) is 22.4 Å². The second-order valence-corrected chi connectivity index (χ2v) is 9.46. The van der Waals surface area contributed by atoms with E-state index in [0.717, 1.165) is 27.8 Å². The van der Waals surface area contributed by atoms with Crippen LogP contribution in [0.5, 0.6) is 0 Å². The molecule has 2 heterocycles. The highest BCUT2D eigenvalue weighted by atomic mass is 16.3. The van der Waals surface area contributed by atoms with Gasteiger partial charge < -0.3 is 9.67 Å². The normalized spacial score (nSPS) is 12.4. The largest absolute Gasteiger partial charge is 0.389 e. The first-order chi connectivity index (χ1) is 17.6. The predicted octanol–water partition coefficient (Wildman–Crippen LogP) is 6.40. The van der Waals surface area contributed by atoms with E-state index in [2.05, 4.69) is 89.4 Å². The molecule has 0 aliphatic carbocycles. The average molecular weight is 473 g/mol. The molecule has 4 aromatic carbocycles. The molecule has 0 saturated heterocycles. The third kappa shape index (κ3) is 3.88. The minimum absolute atomic E-state index is 0.361. The van der Waals surface area contributed by atoms with Crippen LogP contribution in [-0.4, -0.2) is 30.8 Å². The van der Waals surface area contributed by atoms with Gasteiger partial charge in [0, 0.05) is 10.9 Å². The molecule has 0 spiro atoms. The molecule has 36 heavy (non-hydrogen) atoms. The number of aromatic nitrogens is 4. The quantitative estimate of drug-likeness (QED) is 0.305. The summed E-state index contributed by atoms with van der Waals surface area (Å²) >= 11 is 0. The Labute approximate surface area is 210 Å². The Morgan fingerprint density at radius 3 is 2.19 bits per heavy atom. The number of nitrogens with zero attached hydrogens (tertiary/aromatic N) is 4. The number of aliphatic hydroxyl groups is 1. The molecule has 5 heteroatoms. The number of rotatable bonds is 6. The van der Waals surface area contributed by atoms with Gasteiger partial charge in [0.15, 0.2) is 0 Å². The molecule has 1 N–H and O–H groups in total. The lowest BCUT2D eigenvalue weighted by Gasteiger charge is -2.18. The van der Waals surface area contributed by atoms with Gasteiger partial charge in [-0.2, -0.15) is 0 Å². The van der Waals surface area contributed by atoms with Crippen molar-refractivity contribution in [1.82, 2.24) is 19.6 Å². The summed E-state index contributed by atoms with van der Waals surface area (Å²) in [7, 11) is 0. The molecule has 2 aromatic heterocycles. The van der Waals surface area contributed by atoms with E-state index < -0.39 is 6.10 Å². The first-order valence-electron chi connectivity index (χ1n) is 12.3. The van der Waals surface area contributed by atoms with E-state index in [-0.39, 0.29) is 0 Å². The van der Waals surface area contributed by atoms with Gasteiger partial charge in [-0.25, -0.2) is 4.68 Å². The third-order valence-corrected chi connectivity index (χ3v) is 6.80. The van der Waals surface area contributed by atoms with Crippen LogP contribution < -0.4 is 0 Å². The number of para-hydroxylation sites is 1. The summed E-state index contributed by atoms with van der Waals surface area (Å²) in [6.45, 7) is 5.10. The molecule has 0 radical (unpaired) electrons. The van der Waals surface area contributed by atoms with Gasteiger partial charge in [-0.3, -0.25) is 0 Å². The summed E-state index contributed by atoms with van der Waals surface area (Å²) in [5, 5.41) is 21.1. The molecule has 0 unspecified atom stereocenters. The topological polar surface area (TPSA) is 55.9 Å². The maximum atomic E-state index is 11.4. The van der Waals surface area contributed by atoms with Crippen LogP contribution in [0.2, 0.25) is 0 Å². The molecule has 0 aliphatic rings. The fraction of sp³-hybridized carbons (Fsp3) is 0.161. The minimum Gasteiger partial charge on any atom is -0.389 e. The summed E-state index contributed by atoms with van der Waals surface area (Å²) in [6, 6.07) is 33.4. The summed E-state index contributed by atoms with van der Waals surface area (Å²) < 4.78 is 4.09. The molecule has 6 rings (SSSR count). The molecular weight excluding hydrogens is 444 g/mol. The van der Waals surface area contributed by atoms with E-state index in [9.17, 15) is 5.11 Å². The van der Waals surface area contributed by atoms with Crippen LogP contribution in [0.1, 0.15) is 11.1 Å². The van der Waals surface area contributed by atoms with Crippen LogP contribution >= 0.6 is 0 Å². The summed E-state index contributed by atoms with van der Waals surface area (Å²) in [4.78, 5) is 0. The summed E-state index contributed by atoms with van der Waals surface area (Å²) in [6.07, 6.45) is -0.655. The van der Waals surface area contributed by atoms with Crippen molar-refractivity contribution in [3.63, 3.8) is 0 Å². The maximum absolute atomic E-state index is 11.4. The number of benzene rings is 4. The Morgan fingerprint density at radius 1 is 0.778 bits per heavy atom. The zero-order valence-electron chi connectivity index (χ0n) is 20.5. The van der Waals surface area contributed by atoms with Crippen molar-refractivity contribution >= 4 is 21.9 Å². The minimum atomic E-state index is -0.655. The number of aryl methyl sites for hydroxylation is 2. The number of fused-ring (bicyclic) bond motifs is 2. The zero-order valence-corrected chi connectivity index (χ0v) is 20.5. The maximum Gasteiger partial charge on any atom is 0.113 e. The van der Waals surface area contributed by atoms with E-state index in [0.29, 0.717) is 13.1 Å². The van der Waals surface area contributed by atoms with Gasteiger partial charge in [-0.05, 0) is 48.7 Å². The van der Waals surface area contributed by atoms with Crippen molar-refractivity contribution in [3.05, 3.63) is 108 Å². The van der Waals surface area contributed by atoms with Gasteiger partial charge in [0.05, 0.1) is 35.9 Å². The van der Waals surface area contributed by atoms with Crippen molar-refractivity contribution < 1.29 is 5.11 Å². The van der Waals surface area contributed by atoms with Crippen LogP contribution in [-0.2, 0) is 13.1 Å². The van der Waals surface area contributed by atoms with Crippen LogP contribution in [0.4, 0.5) is 0 Å². The molecule has 6 aromatic rings. The molecule has 0 fully saturated rings. The molecule has 5 nitrogen and oxygen atoms in total. The first kappa shape index (κ1) is 22.3. The SMILES string of the molecule is Cc1cc(C)c2c(c1)c(-c1ccccc1)c(-c1ccccc1)n2C[C@H](O)Cn1nnc2ccccc21. The van der Waals surface area contributed by atoms with Gasteiger partial charge in [-0.1, -0.05) is 89.6 Å². The molecule has 0 bridgehead atoms. The van der Waals surface area contributed by atoms with Crippen LogP contribution in [0.25, 0.3) is 44.3 Å². The van der Waals surface area contributed by atoms with Crippen molar-refractivity contribution in [1.29, 1.82) is 0 Å². The Morgan fingerprint density at radius 2 is 1.44 bits per heavy atom.